The van der Waals surface area contributed by atoms with Gasteiger partial charge in [0.1, 0.15) is 0 Å². The van der Waals surface area contributed by atoms with E-state index >= 15 is 0 Å². The van der Waals surface area contributed by atoms with Crippen LogP contribution in [0.2, 0.25) is 0 Å². The van der Waals surface area contributed by atoms with Crippen molar-refractivity contribution in [3.63, 3.8) is 0 Å². The summed E-state index contributed by atoms with van der Waals surface area (Å²) in [7, 11) is 2.29. The van der Waals surface area contributed by atoms with Crippen molar-refractivity contribution in [3.8, 4) is 0 Å². The van der Waals surface area contributed by atoms with Crippen molar-refractivity contribution < 1.29 is 0 Å². The Morgan fingerprint density at radius 1 is 1.33 bits per heavy atom. The number of nitrogens with one attached hydrogen (secondary N) is 1. The molecule has 2 aliphatic rings. The lowest BCUT2D eigenvalue weighted by molar-refractivity contribution is 0.131. The Labute approximate surface area is 79.1 Å². The highest BCUT2D eigenvalue weighted by molar-refractivity contribution is 7.99. The number of hydrogen-bond acceptors (Lipinski definition) is 3. The third kappa shape index (κ3) is 1.78. The molecule has 0 bridgehead atoms. The number of nitrogens with zero attached hydrogens (tertiary/aromatic N) is 1. The Morgan fingerprint density at radius 3 is 2.67 bits per heavy atom. The predicted octanol–water partition coefficient (Wildman–Crippen LogP) is 0.786. The van der Waals surface area contributed by atoms with E-state index in [0.29, 0.717) is 0 Å². The molecule has 1 unspecified atom stereocenters. The second-order valence-corrected chi connectivity index (χ2v) is 5.00. The average Bonchev–Trinajstić information content (AvgIpc) is 2.03. The van der Waals surface area contributed by atoms with Crippen LogP contribution in [-0.4, -0.2) is 48.6 Å². The van der Waals surface area contributed by atoms with Gasteiger partial charge in [0.15, 0.2) is 0 Å². The maximum atomic E-state index is 3.33. The fourth-order valence-corrected chi connectivity index (χ4v) is 3.12. The SMILES string of the molecule is CN(C1CNC1)C1CCCSC1. The number of thioether (sulfide) groups is 1. The van der Waals surface area contributed by atoms with Gasteiger partial charge >= 0.3 is 0 Å². The number of rotatable bonds is 2. The molecule has 2 heterocycles. The Kier molecular flexibility index (Phi) is 2.94. The van der Waals surface area contributed by atoms with Gasteiger partial charge in [0.2, 0.25) is 0 Å². The van der Waals surface area contributed by atoms with Gasteiger partial charge in [0.05, 0.1) is 0 Å². The lowest BCUT2D eigenvalue weighted by atomic mass is 10.1. The molecule has 0 aromatic carbocycles. The molecule has 0 aromatic heterocycles. The minimum absolute atomic E-state index is 0.827. The first-order chi connectivity index (χ1) is 5.88. The highest BCUT2D eigenvalue weighted by Gasteiger charge is 2.28. The molecule has 0 radical (unpaired) electrons. The van der Waals surface area contributed by atoms with Gasteiger partial charge in [-0.15, -0.1) is 0 Å². The predicted molar refractivity (Wildman–Crippen MR) is 54.8 cm³/mol. The van der Waals surface area contributed by atoms with Gasteiger partial charge in [-0.2, -0.15) is 11.8 Å². The van der Waals surface area contributed by atoms with E-state index < -0.39 is 0 Å². The van der Waals surface area contributed by atoms with Gasteiger partial charge in [-0.1, -0.05) is 0 Å². The summed E-state index contributed by atoms with van der Waals surface area (Å²) in [4.78, 5) is 2.59. The first-order valence-corrected chi connectivity index (χ1v) is 6.04. The molecule has 1 atom stereocenters. The summed E-state index contributed by atoms with van der Waals surface area (Å²) in [5.74, 6) is 2.74. The van der Waals surface area contributed by atoms with Crippen molar-refractivity contribution in [2.45, 2.75) is 24.9 Å². The molecule has 2 saturated heterocycles. The van der Waals surface area contributed by atoms with Crippen LogP contribution < -0.4 is 5.32 Å². The van der Waals surface area contributed by atoms with E-state index in [1.54, 1.807) is 0 Å². The van der Waals surface area contributed by atoms with Crippen molar-refractivity contribution in [1.82, 2.24) is 10.2 Å². The molecular formula is C9H18N2S. The first-order valence-electron chi connectivity index (χ1n) is 4.88. The molecule has 12 heavy (non-hydrogen) atoms. The molecule has 2 aliphatic heterocycles. The molecule has 0 spiro atoms. The second kappa shape index (κ2) is 3.99. The fourth-order valence-electron chi connectivity index (χ4n) is 1.90. The van der Waals surface area contributed by atoms with Crippen LogP contribution in [0, 0.1) is 0 Å². The van der Waals surface area contributed by atoms with Crippen molar-refractivity contribution in [2.24, 2.45) is 0 Å². The van der Waals surface area contributed by atoms with E-state index in [9.17, 15) is 0 Å². The fraction of sp³-hybridized carbons (Fsp3) is 1.00. The standard InChI is InChI=1S/C9H18N2S/c1-11(9-5-10-6-9)8-3-2-4-12-7-8/h8-10H,2-7H2,1H3. The summed E-state index contributed by atoms with van der Waals surface area (Å²) in [5.41, 5.74) is 0. The van der Waals surface area contributed by atoms with Gasteiger partial charge < -0.3 is 5.32 Å². The smallest absolute Gasteiger partial charge is 0.0345 e. The summed E-state index contributed by atoms with van der Waals surface area (Å²) in [6, 6.07) is 1.68. The number of hydrogen-bond donors (Lipinski definition) is 1. The quantitative estimate of drug-likeness (QED) is 0.686. The zero-order valence-electron chi connectivity index (χ0n) is 7.75. The van der Waals surface area contributed by atoms with E-state index in [4.69, 9.17) is 0 Å². The van der Waals surface area contributed by atoms with E-state index in [1.165, 1.54) is 37.4 Å². The summed E-state index contributed by atoms with van der Waals surface area (Å²) in [6.07, 6.45) is 2.83. The second-order valence-electron chi connectivity index (χ2n) is 3.85. The molecule has 70 valence electrons. The molecule has 0 amide bonds. The Morgan fingerprint density at radius 2 is 2.17 bits per heavy atom. The molecule has 1 N–H and O–H groups in total. The molecule has 2 nitrogen and oxygen atoms in total. The van der Waals surface area contributed by atoms with Crippen LogP contribution in [0.15, 0.2) is 0 Å². The zero-order valence-corrected chi connectivity index (χ0v) is 8.57. The van der Waals surface area contributed by atoms with Crippen LogP contribution in [0.25, 0.3) is 0 Å². The van der Waals surface area contributed by atoms with Crippen LogP contribution in [0.5, 0.6) is 0 Å². The van der Waals surface area contributed by atoms with Gasteiger partial charge in [-0.3, -0.25) is 4.90 Å². The van der Waals surface area contributed by atoms with Crippen LogP contribution in [-0.2, 0) is 0 Å². The monoisotopic (exact) mass is 186 g/mol. The van der Waals surface area contributed by atoms with Crippen LogP contribution in [0.3, 0.4) is 0 Å². The van der Waals surface area contributed by atoms with E-state index in [0.717, 1.165) is 12.1 Å². The topological polar surface area (TPSA) is 15.3 Å². The maximum Gasteiger partial charge on any atom is 0.0345 e. The van der Waals surface area contributed by atoms with Gasteiger partial charge in [-0.05, 0) is 25.6 Å². The van der Waals surface area contributed by atoms with Crippen molar-refractivity contribution in [2.75, 3.05) is 31.6 Å². The summed E-state index contributed by atoms with van der Waals surface area (Å²) < 4.78 is 0. The van der Waals surface area contributed by atoms with Crippen LogP contribution in [0.4, 0.5) is 0 Å². The van der Waals surface area contributed by atoms with Gasteiger partial charge in [0, 0.05) is 30.9 Å². The third-order valence-electron chi connectivity index (χ3n) is 3.05. The molecule has 0 aliphatic carbocycles. The zero-order chi connectivity index (χ0) is 8.39. The molecular weight excluding hydrogens is 168 g/mol. The van der Waals surface area contributed by atoms with Crippen molar-refractivity contribution in [1.29, 1.82) is 0 Å². The minimum Gasteiger partial charge on any atom is -0.314 e. The van der Waals surface area contributed by atoms with Crippen molar-refractivity contribution >= 4 is 11.8 Å². The lowest BCUT2D eigenvalue weighted by Crippen LogP contribution is -2.59. The Hall–Kier alpha value is 0.270. The molecule has 2 rings (SSSR count). The number of likely N-dealkylation sites (N-methyl/N-ethyl adjacent to an activating group) is 1. The normalized spacial score (nSPS) is 32.0. The van der Waals surface area contributed by atoms with E-state index in [2.05, 4.69) is 29.0 Å². The highest BCUT2D eigenvalue weighted by Crippen LogP contribution is 2.22. The Balaban J connectivity index is 1.80. The molecule has 0 saturated carbocycles. The third-order valence-corrected chi connectivity index (χ3v) is 4.25. The van der Waals surface area contributed by atoms with E-state index in [1.807, 2.05) is 0 Å². The largest absolute Gasteiger partial charge is 0.314 e. The summed E-state index contributed by atoms with van der Waals surface area (Å²) in [5, 5.41) is 3.33. The minimum atomic E-state index is 0.827. The lowest BCUT2D eigenvalue weighted by Gasteiger charge is -2.41. The van der Waals surface area contributed by atoms with Crippen LogP contribution >= 0.6 is 11.8 Å². The maximum absolute atomic E-state index is 3.33. The molecule has 0 aromatic rings. The van der Waals surface area contributed by atoms with E-state index in [-0.39, 0.29) is 0 Å². The van der Waals surface area contributed by atoms with Crippen molar-refractivity contribution in [3.05, 3.63) is 0 Å². The molecule has 2 fully saturated rings. The van der Waals surface area contributed by atoms with Gasteiger partial charge in [0.25, 0.3) is 0 Å². The average molecular weight is 186 g/mol. The molecule has 3 heteroatoms. The van der Waals surface area contributed by atoms with Gasteiger partial charge in [-0.25, -0.2) is 0 Å². The summed E-state index contributed by atoms with van der Waals surface area (Å²) in [6.45, 7) is 2.41. The highest BCUT2D eigenvalue weighted by atomic mass is 32.2. The summed E-state index contributed by atoms with van der Waals surface area (Å²) >= 11 is 2.12. The first kappa shape index (κ1) is 8.85. The Bertz CT molecular complexity index is 141. The van der Waals surface area contributed by atoms with Crippen LogP contribution in [0.1, 0.15) is 12.8 Å².